The number of aromatic nitrogens is 2. The second kappa shape index (κ2) is 3.66. The monoisotopic (exact) mass is 203 g/mol. The topological polar surface area (TPSA) is 43.3 Å². The molecule has 0 amide bonds. The smallest absolute Gasteiger partial charge is 0.137 e. The van der Waals surface area contributed by atoms with Crippen molar-refractivity contribution in [1.29, 1.82) is 0 Å². The molecule has 3 heteroatoms. The highest BCUT2D eigenvalue weighted by Gasteiger charge is 2.09. The van der Waals surface area contributed by atoms with Crippen molar-refractivity contribution in [2.45, 2.75) is 32.7 Å². The zero-order chi connectivity index (χ0) is 11.0. The van der Waals surface area contributed by atoms with Gasteiger partial charge in [0, 0.05) is 17.9 Å². The van der Waals surface area contributed by atoms with E-state index in [1.54, 1.807) is 0 Å². The summed E-state index contributed by atoms with van der Waals surface area (Å²) in [7, 11) is 0. The SMILES string of the molecule is CC(C)c1cn2c(C(C)N)cccc2n1. The van der Waals surface area contributed by atoms with Gasteiger partial charge < -0.3 is 10.1 Å². The summed E-state index contributed by atoms with van der Waals surface area (Å²) in [6.45, 7) is 6.28. The van der Waals surface area contributed by atoms with Crippen molar-refractivity contribution in [1.82, 2.24) is 9.38 Å². The fraction of sp³-hybridized carbons (Fsp3) is 0.417. The fourth-order valence-corrected chi connectivity index (χ4v) is 1.70. The lowest BCUT2D eigenvalue weighted by molar-refractivity contribution is 0.761. The summed E-state index contributed by atoms with van der Waals surface area (Å²) in [5.41, 5.74) is 9.11. The van der Waals surface area contributed by atoms with Crippen LogP contribution in [0.1, 0.15) is 44.1 Å². The van der Waals surface area contributed by atoms with Gasteiger partial charge in [-0.2, -0.15) is 0 Å². The van der Waals surface area contributed by atoms with Gasteiger partial charge in [0.2, 0.25) is 0 Å². The Kier molecular flexibility index (Phi) is 2.49. The Hall–Kier alpha value is -1.35. The zero-order valence-electron chi connectivity index (χ0n) is 9.44. The number of imidazole rings is 1. The summed E-state index contributed by atoms with van der Waals surface area (Å²) in [5, 5.41) is 0. The molecule has 0 saturated carbocycles. The number of nitrogens with zero attached hydrogens (tertiary/aromatic N) is 2. The Balaban J connectivity index is 2.64. The molecular formula is C12H17N3. The van der Waals surface area contributed by atoms with Crippen molar-refractivity contribution < 1.29 is 0 Å². The molecular weight excluding hydrogens is 186 g/mol. The van der Waals surface area contributed by atoms with Crippen LogP contribution in [0.3, 0.4) is 0 Å². The van der Waals surface area contributed by atoms with Crippen LogP contribution in [0.25, 0.3) is 5.65 Å². The van der Waals surface area contributed by atoms with Crippen molar-refractivity contribution >= 4 is 5.65 Å². The van der Waals surface area contributed by atoms with Gasteiger partial charge in [0.25, 0.3) is 0 Å². The number of rotatable bonds is 2. The van der Waals surface area contributed by atoms with Crippen LogP contribution in [0.15, 0.2) is 24.4 Å². The minimum Gasteiger partial charge on any atom is -0.323 e. The molecule has 1 unspecified atom stereocenters. The highest BCUT2D eigenvalue weighted by Crippen LogP contribution is 2.18. The molecule has 2 heterocycles. The molecule has 0 bridgehead atoms. The molecule has 2 N–H and O–H groups in total. The van der Waals surface area contributed by atoms with Crippen molar-refractivity contribution in [3.63, 3.8) is 0 Å². The number of pyridine rings is 1. The average molecular weight is 203 g/mol. The van der Waals surface area contributed by atoms with E-state index in [-0.39, 0.29) is 6.04 Å². The molecule has 2 rings (SSSR count). The van der Waals surface area contributed by atoms with E-state index in [0.29, 0.717) is 5.92 Å². The van der Waals surface area contributed by atoms with Crippen LogP contribution in [0.2, 0.25) is 0 Å². The Labute approximate surface area is 89.9 Å². The predicted octanol–water partition coefficient (Wildman–Crippen LogP) is 2.48. The quantitative estimate of drug-likeness (QED) is 0.814. The van der Waals surface area contributed by atoms with Gasteiger partial charge in [0.05, 0.1) is 5.69 Å². The van der Waals surface area contributed by atoms with E-state index in [0.717, 1.165) is 17.0 Å². The van der Waals surface area contributed by atoms with E-state index in [2.05, 4.69) is 29.4 Å². The van der Waals surface area contributed by atoms with E-state index in [4.69, 9.17) is 5.73 Å². The number of hydrogen-bond acceptors (Lipinski definition) is 2. The largest absolute Gasteiger partial charge is 0.323 e. The summed E-state index contributed by atoms with van der Waals surface area (Å²) >= 11 is 0. The van der Waals surface area contributed by atoms with E-state index >= 15 is 0 Å². The second-order valence-electron chi connectivity index (χ2n) is 4.29. The van der Waals surface area contributed by atoms with Crippen LogP contribution >= 0.6 is 0 Å². The Morgan fingerprint density at radius 1 is 1.27 bits per heavy atom. The van der Waals surface area contributed by atoms with Crippen molar-refractivity contribution in [3.05, 3.63) is 35.8 Å². The minimum absolute atomic E-state index is 0.0305. The van der Waals surface area contributed by atoms with Gasteiger partial charge >= 0.3 is 0 Å². The van der Waals surface area contributed by atoms with Crippen molar-refractivity contribution in [2.75, 3.05) is 0 Å². The van der Waals surface area contributed by atoms with E-state index < -0.39 is 0 Å². The molecule has 15 heavy (non-hydrogen) atoms. The molecule has 0 radical (unpaired) electrons. The van der Waals surface area contributed by atoms with Crippen LogP contribution < -0.4 is 5.73 Å². The lowest BCUT2D eigenvalue weighted by Gasteiger charge is -2.07. The van der Waals surface area contributed by atoms with Gasteiger partial charge in [0.15, 0.2) is 0 Å². The van der Waals surface area contributed by atoms with Crippen molar-refractivity contribution in [2.24, 2.45) is 5.73 Å². The van der Waals surface area contributed by atoms with Crippen LogP contribution in [0, 0.1) is 0 Å². The first-order valence-corrected chi connectivity index (χ1v) is 5.33. The molecule has 2 aromatic heterocycles. The predicted molar refractivity (Wildman–Crippen MR) is 61.9 cm³/mol. The molecule has 0 aromatic carbocycles. The third kappa shape index (κ3) is 1.75. The molecule has 0 spiro atoms. The third-order valence-electron chi connectivity index (χ3n) is 2.60. The Morgan fingerprint density at radius 3 is 2.60 bits per heavy atom. The van der Waals surface area contributed by atoms with E-state index in [1.165, 1.54) is 0 Å². The van der Waals surface area contributed by atoms with Crippen LogP contribution in [-0.2, 0) is 0 Å². The maximum Gasteiger partial charge on any atom is 0.137 e. The highest BCUT2D eigenvalue weighted by atomic mass is 15.0. The first-order valence-electron chi connectivity index (χ1n) is 5.33. The summed E-state index contributed by atoms with van der Waals surface area (Å²) in [5.74, 6) is 0.450. The summed E-state index contributed by atoms with van der Waals surface area (Å²) < 4.78 is 2.08. The first kappa shape index (κ1) is 10.2. The number of nitrogens with two attached hydrogens (primary N) is 1. The standard InChI is InChI=1S/C12H17N3/c1-8(2)10-7-15-11(9(3)13)5-4-6-12(15)14-10/h4-9H,13H2,1-3H3. The van der Waals surface area contributed by atoms with Gasteiger partial charge in [-0.25, -0.2) is 4.98 Å². The molecule has 2 aromatic rings. The molecule has 0 fully saturated rings. The normalized spacial score (nSPS) is 13.7. The van der Waals surface area contributed by atoms with Crippen molar-refractivity contribution in [3.8, 4) is 0 Å². The number of hydrogen-bond donors (Lipinski definition) is 1. The van der Waals surface area contributed by atoms with Gasteiger partial charge in [-0.15, -0.1) is 0 Å². The van der Waals surface area contributed by atoms with Gasteiger partial charge in [0.1, 0.15) is 5.65 Å². The average Bonchev–Trinajstić information content (AvgIpc) is 2.60. The Bertz CT molecular complexity index is 469. The zero-order valence-corrected chi connectivity index (χ0v) is 9.44. The second-order valence-corrected chi connectivity index (χ2v) is 4.29. The maximum atomic E-state index is 5.92. The van der Waals surface area contributed by atoms with Crippen LogP contribution in [0.4, 0.5) is 0 Å². The first-order chi connectivity index (χ1) is 7.09. The third-order valence-corrected chi connectivity index (χ3v) is 2.60. The van der Waals surface area contributed by atoms with Gasteiger partial charge in [-0.3, -0.25) is 0 Å². The molecule has 1 atom stereocenters. The molecule has 0 aliphatic rings. The molecule has 0 saturated heterocycles. The highest BCUT2D eigenvalue weighted by molar-refractivity contribution is 5.42. The Morgan fingerprint density at radius 2 is 2.00 bits per heavy atom. The van der Waals surface area contributed by atoms with Crippen LogP contribution in [0.5, 0.6) is 0 Å². The van der Waals surface area contributed by atoms with Gasteiger partial charge in [-0.05, 0) is 25.0 Å². The maximum absolute atomic E-state index is 5.92. The molecule has 0 aliphatic carbocycles. The van der Waals surface area contributed by atoms with E-state index in [9.17, 15) is 0 Å². The lowest BCUT2D eigenvalue weighted by atomic mass is 10.1. The fourth-order valence-electron chi connectivity index (χ4n) is 1.70. The van der Waals surface area contributed by atoms with Gasteiger partial charge in [-0.1, -0.05) is 19.9 Å². The van der Waals surface area contributed by atoms with E-state index in [1.807, 2.05) is 25.1 Å². The summed E-state index contributed by atoms with van der Waals surface area (Å²) in [6.07, 6.45) is 2.08. The summed E-state index contributed by atoms with van der Waals surface area (Å²) in [6, 6.07) is 6.09. The summed E-state index contributed by atoms with van der Waals surface area (Å²) in [4.78, 5) is 4.56. The molecule has 80 valence electrons. The molecule has 0 aliphatic heterocycles. The molecule has 3 nitrogen and oxygen atoms in total. The van der Waals surface area contributed by atoms with Crippen LogP contribution in [-0.4, -0.2) is 9.38 Å². The lowest BCUT2D eigenvalue weighted by Crippen LogP contribution is -2.09. The minimum atomic E-state index is 0.0305. The number of fused-ring (bicyclic) bond motifs is 1.